The zero-order chi connectivity index (χ0) is 29.8. The maximum absolute atomic E-state index is 4.69. The Morgan fingerprint density at radius 2 is 0.841 bits per heavy atom. The van der Waals surface area contributed by atoms with Crippen molar-refractivity contribution in [2.45, 2.75) is 26.2 Å². The van der Waals surface area contributed by atoms with Crippen LogP contribution >= 0.6 is 0 Å². The van der Waals surface area contributed by atoms with E-state index >= 15 is 0 Å². The van der Waals surface area contributed by atoms with Gasteiger partial charge in [-0.3, -0.25) is 4.98 Å². The van der Waals surface area contributed by atoms with E-state index in [1.54, 1.807) is 15.6 Å². The lowest BCUT2D eigenvalue weighted by Gasteiger charge is -2.21. The first-order chi connectivity index (χ1) is 21.4. The molecule has 3 heterocycles. The van der Waals surface area contributed by atoms with Crippen LogP contribution in [-0.2, 0) is 0 Å². The summed E-state index contributed by atoms with van der Waals surface area (Å²) in [5.74, 6) is 0. The lowest BCUT2D eigenvalue weighted by atomic mass is 9.85. The van der Waals surface area contributed by atoms with Crippen LogP contribution in [-0.4, -0.2) is 21.1 Å². The Hall–Kier alpha value is -4.58. The minimum atomic E-state index is -1.72. The molecule has 0 fully saturated rings. The molecule has 2 aliphatic heterocycles. The van der Waals surface area contributed by atoms with Gasteiger partial charge in [0.25, 0.3) is 0 Å². The molecule has 0 saturated heterocycles. The van der Waals surface area contributed by atoms with Gasteiger partial charge in [-0.2, -0.15) is 0 Å². The molecule has 210 valence electrons. The fourth-order valence-corrected chi connectivity index (χ4v) is 14.5. The molecule has 0 aliphatic carbocycles. The van der Waals surface area contributed by atoms with E-state index in [1.807, 2.05) is 6.20 Å². The van der Waals surface area contributed by atoms with E-state index in [9.17, 15) is 0 Å². The summed E-state index contributed by atoms with van der Waals surface area (Å²) in [6, 6.07) is 43.8. The van der Waals surface area contributed by atoms with Crippen molar-refractivity contribution < 1.29 is 0 Å². The maximum atomic E-state index is 4.69. The van der Waals surface area contributed by atoms with E-state index in [1.165, 1.54) is 71.2 Å². The van der Waals surface area contributed by atoms with E-state index < -0.39 is 16.1 Å². The number of hydrogen-bond acceptors (Lipinski definition) is 1. The zero-order valence-corrected chi connectivity index (χ0v) is 27.6. The second-order valence-electron chi connectivity index (χ2n) is 13.6. The van der Waals surface area contributed by atoms with Crippen molar-refractivity contribution in [3.63, 3.8) is 0 Å². The molecule has 2 aliphatic rings. The Kier molecular flexibility index (Phi) is 5.28. The van der Waals surface area contributed by atoms with Gasteiger partial charge >= 0.3 is 0 Å². The molecule has 6 aromatic carbocycles. The van der Waals surface area contributed by atoms with E-state index in [-0.39, 0.29) is 0 Å². The van der Waals surface area contributed by atoms with E-state index in [0.717, 1.165) is 0 Å². The molecule has 0 saturated carbocycles. The highest BCUT2D eigenvalue weighted by molar-refractivity contribution is 7.04. The number of hydrogen-bond donors (Lipinski definition) is 0. The van der Waals surface area contributed by atoms with Crippen molar-refractivity contribution in [2.75, 3.05) is 0 Å². The summed E-state index contributed by atoms with van der Waals surface area (Å²) in [5.41, 5.74) is 10.8. The lowest BCUT2D eigenvalue weighted by molar-refractivity contribution is 1.37. The summed E-state index contributed by atoms with van der Waals surface area (Å²) >= 11 is 0. The number of pyridine rings is 1. The highest BCUT2D eigenvalue weighted by atomic mass is 28.3. The number of aromatic nitrogens is 1. The van der Waals surface area contributed by atoms with Crippen LogP contribution in [0.3, 0.4) is 0 Å². The molecule has 0 unspecified atom stereocenters. The molecule has 3 heteroatoms. The monoisotopic (exact) mass is 595 g/mol. The van der Waals surface area contributed by atoms with Crippen LogP contribution in [0.5, 0.6) is 0 Å². The van der Waals surface area contributed by atoms with Crippen molar-refractivity contribution >= 4 is 58.4 Å². The maximum Gasteiger partial charge on any atom is 0.113 e. The van der Waals surface area contributed by atoms with Crippen LogP contribution in [0.1, 0.15) is 0 Å². The topological polar surface area (TPSA) is 12.9 Å². The van der Waals surface area contributed by atoms with Gasteiger partial charge in [-0.25, -0.2) is 0 Å². The Bertz CT molecular complexity index is 2120. The smallest absolute Gasteiger partial charge is 0.113 e. The summed E-state index contributed by atoms with van der Waals surface area (Å²) in [4.78, 5) is 4.69. The fraction of sp³-hybridized carbons (Fsp3) is 0.0976. The third-order valence-electron chi connectivity index (χ3n) is 10.6. The van der Waals surface area contributed by atoms with Crippen LogP contribution in [0.15, 0.2) is 128 Å². The highest BCUT2D eigenvalue weighted by Crippen LogP contribution is 2.45. The van der Waals surface area contributed by atoms with Gasteiger partial charge in [0.2, 0.25) is 0 Å². The van der Waals surface area contributed by atoms with Gasteiger partial charge in [-0.1, -0.05) is 123 Å². The summed E-state index contributed by atoms with van der Waals surface area (Å²) in [6.07, 6.45) is 4.04. The number of nitrogens with zero attached hydrogens (tertiary/aromatic N) is 1. The van der Waals surface area contributed by atoms with Crippen molar-refractivity contribution in [2.24, 2.45) is 0 Å². The van der Waals surface area contributed by atoms with Gasteiger partial charge in [0.15, 0.2) is 0 Å². The molecule has 9 rings (SSSR count). The van der Waals surface area contributed by atoms with Crippen LogP contribution < -0.4 is 20.7 Å². The van der Waals surface area contributed by atoms with Gasteiger partial charge in [-0.05, 0) is 99.6 Å². The zero-order valence-electron chi connectivity index (χ0n) is 25.6. The summed E-state index contributed by atoms with van der Waals surface area (Å²) in [7, 11) is -3.44. The standard InChI is InChI=1S/C41H33NSi2/c1-43(2)36-15-9-7-11-28(36)33-23-26(17-19-38(33)43)40-30-13-5-6-14-31(30)41(35-25-42-22-21-32(35)40)27-18-20-39-34(24-27)29-12-8-10-16-37(29)44(39,3)4/h5-25H,1-4H3. The van der Waals surface area contributed by atoms with Gasteiger partial charge in [0.05, 0.1) is 0 Å². The largest absolute Gasteiger partial charge is 0.264 e. The number of rotatable bonds is 2. The number of fused-ring (bicyclic) bond motifs is 8. The molecular formula is C41H33NSi2. The first kappa shape index (κ1) is 25.9. The normalized spacial score (nSPS) is 15.2. The van der Waals surface area contributed by atoms with Crippen molar-refractivity contribution in [1.29, 1.82) is 0 Å². The predicted octanol–water partition coefficient (Wildman–Crippen LogP) is 8.33. The second-order valence-corrected chi connectivity index (χ2v) is 22.2. The summed E-state index contributed by atoms with van der Waals surface area (Å²) in [5, 5.41) is 11.2. The molecule has 7 aromatic rings. The third-order valence-corrected chi connectivity index (χ3v) is 17.7. The Balaban J connectivity index is 1.32. The van der Waals surface area contributed by atoms with E-state index in [4.69, 9.17) is 4.98 Å². The van der Waals surface area contributed by atoms with Gasteiger partial charge < -0.3 is 0 Å². The molecule has 0 radical (unpaired) electrons. The molecule has 0 atom stereocenters. The van der Waals surface area contributed by atoms with Crippen molar-refractivity contribution in [3.05, 3.63) is 128 Å². The highest BCUT2D eigenvalue weighted by Gasteiger charge is 2.38. The lowest BCUT2D eigenvalue weighted by Crippen LogP contribution is -2.49. The second kappa shape index (κ2) is 8.98. The van der Waals surface area contributed by atoms with Crippen LogP contribution in [0.4, 0.5) is 0 Å². The Morgan fingerprint density at radius 1 is 0.409 bits per heavy atom. The van der Waals surface area contributed by atoms with E-state index in [0.29, 0.717) is 0 Å². The minimum Gasteiger partial charge on any atom is -0.264 e. The fourth-order valence-electron chi connectivity index (χ4n) is 8.39. The SMILES string of the molecule is C[Si]1(C)c2ccccc2-c2cc(-c3c4ccccc4c(-c4ccc5c(c4)-c4ccccc4[Si]5(C)C)c4cnccc34)ccc21. The van der Waals surface area contributed by atoms with Crippen LogP contribution in [0.2, 0.25) is 26.2 Å². The van der Waals surface area contributed by atoms with Gasteiger partial charge in [-0.15, -0.1) is 0 Å². The summed E-state index contributed by atoms with van der Waals surface area (Å²) in [6.45, 7) is 9.95. The van der Waals surface area contributed by atoms with Gasteiger partial charge in [0, 0.05) is 17.8 Å². The first-order valence-electron chi connectivity index (χ1n) is 15.6. The average molecular weight is 596 g/mol. The average Bonchev–Trinajstić information content (AvgIpc) is 3.42. The molecular weight excluding hydrogens is 563 g/mol. The molecule has 1 nitrogen and oxygen atoms in total. The minimum absolute atomic E-state index is 1.21. The van der Waals surface area contributed by atoms with Gasteiger partial charge in [0.1, 0.15) is 16.1 Å². The molecule has 1 aromatic heterocycles. The quantitative estimate of drug-likeness (QED) is 0.145. The molecule has 0 amide bonds. The molecule has 0 bridgehead atoms. The van der Waals surface area contributed by atoms with Crippen molar-refractivity contribution in [3.8, 4) is 44.5 Å². The summed E-state index contributed by atoms with van der Waals surface area (Å²) < 4.78 is 0. The molecule has 0 N–H and O–H groups in total. The molecule has 44 heavy (non-hydrogen) atoms. The molecule has 0 spiro atoms. The Labute approximate surface area is 260 Å². The van der Waals surface area contributed by atoms with E-state index in [2.05, 4.69) is 148 Å². The van der Waals surface area contributed by atoms with Crippen LogP contribution in [0.25, 0.3) is 66.1 Å². The predicted molar refractivity (Wildman–Crippen MR) is 194 cm³/mol. The van der Waals surface area contributed by atoms with Crippen LogP contribution in [0, 0.1) is 0 Å². The number of benzene rings is 6. The Morgan fingerprint density at radius 3 is 1.39 bits per heavy atom. The first-order valence-corrected chi connectivity index (χ1v) is 21.6. The third kappa shape index (κ3) is 3.37. The van der Waals surface area contributed by atoms with Crippen molar-refractivity contribution in [1.82, 2.24) is 4.98 Å².